The Bertz CT molecular complexity index is 660. The third-order valence-electron chi connectivity index (χ3n) is 2.37. The number of H-pyrrole nitrogens is 1. The van der Waals surface area contributed by atoms with Gasteiger partial charge in [-0.05, 0) is 52.1 Å². The Kier molecular flexibility index (Phi) is 2.78. The van der Waals surface area contributed by atoms with Gasteiger partial charge in [0.05, 0.1) is 17.4 Å². The van der Waals surface area contributed by atoms with Gasteiger partial charge in [-0.3, -0.25) is 0 Å². The molecule has 3 rings (SSSR count). The summed E-state index contributed by atoms with van der Waals surface area (Å²) in [4.78, 5) is 0. The highest BCUT2D eigenvalue weighted by Crippen LogP contribution is 2.23. The number of hydrogen-bond donors (Lipinski definition) is 1. The molecule has 2 aromatic heterocycles. The zero-order chi connectivity index (χ0) is 12.5. The SMILES string of the molecule is Fc1ccc(-n2ncc(-c3nn[nH]n3)c2I)cc1. The van der Waals surface area contributed by atoms with Crippen molar-refractivity contribution in [1.82, 2.24) is 30.4 Å². The highest BCUT2D eigenvalue weighted by atomic mass is 127. The fourth-order valence-corrected chi connectivity index (χ4v) is 2.31. The van der Waals surface area contributed by atoms with E-state index in [0.29, 0.717) is 5.82 Å². The normalized spacial score (nSPS) is 10.8. The monoisotopic (exact) mass is 356 g/mol. The summed E-state index contributed by atoms with van der Waals surface area (Å²) in [7, 11) is 0. The van der Waals surface area contributed by atoms with Crippen LogP contribution < -0.4 is 0 Å². The minimum absolute atomic E-state index is 0.278. The number of rotatable bonds is 2. The van der Waals surface area contributed by atoms with E-state index in [4.69, 9.17) is 0 Å². The van der Waals surface area contributed by atoms with Gasteiger partial charge in [0, 0.05) is 0 Å². The molecule has 0 amide bonds. The Hall–Kier alpha value is -1.84. The maximum atomic E-state index is 12.9. The zero-order valence-corrected chi connectivity index (χ0v) is 11.0. The van der Waals surface area contributed by atoms with Gasteiger partial charge >= 0.3 is 0 Å². The fraction of sp³-hybridized carbons (Fsp3) is 0. The van der Waals surface area contributed by atoms with E-state index in [0.717, 1.165) is 15.0 Å². The van der Waals surface area contributed by atoms with Crippen LogP contribution in [-0.4, -0.2) is 30.4 Å². The van der Waals surface area contributed by atoms with Crippen molar-refractivity contribution >= 4 is 22.6 Å². The molecule has 2 heterocycles. The lowest BCUT2D eigenvalue weighted by molar-refractivity contribution is 0.627. The predicted octanol–water partition coefficient (Wildman–Crippen LogP) is 1.80. The van der Waals surface area contributed by atoms with Crippen molar-refractivity contribution in [2.75, 3.05) is 0 Å². The summed E-state index contributed by atoms with van der Waals surface area (Å²) in [5, 5.41) is 17.9. The van der Waals surface area contributed by atoms with E-state index >= 15 is 0 Å². The van der Waals surface area contributed by atoms with E-state index in [1.54, 1.807) is 23.0 Å². The molecule has 0 aliphatic heterocycles. The Labute approximate surface area is 114 Å². The summed E-state index contributed by atoms with van der Waals surface area (Å²) >= 11 is 2.13. The van der Waals surface area contributed by atoms with Crippen molar-refractivity contribution in [2.24, 2.45) is 0 Å². The lowest BCUT2D eigenvalue weighted by Gasteiger charge is -2.02. The number of nitrogens with one attached hydrogen (secondary N) is 1. The number of aromatic nitrogens is 6. The lowest BCUT2D eigenvalue weighted by Crippen LogP contribution is -1.99. The topological polar surface area (TPSA) is 72.3 Å². The third-order valence-corrected chi connectivity index (χ3v) is 3.41. The molecule has 0 aliphatic rings. The van der Waals surface area contributed by atoms with Gasteiger partial charge in [0.1, 0.15) is 9.52 Å². The van der Waals surface area contributed by atoms with Crippen LogP contribution in [0, 0.1) is 9.52 Å². The van der Waals surface area contributed by atoms with Crippen LogP contribution in [0.2, 0.25) is 0 Å². The van der Waals surface area contributed by atoms with Gasteiger partial charge < -0.3 is 0 Å². The number of halogens is 2. The average molecular weight is 356 g/mol. The summed E-state index contributed by atoms with van der Waals surface area (Å²) < 4.78 is 15.4. The van der Waals surface area contributed by atoms with E-state index in [-0.39, 0.29) is 5.82 Å². The molecule has 0 radical (unpaired) electrons. The second-order valence-electron chi connectivity index (χ2n) is 3.47. The molecule has 0 aliphatic carbocycles. The van der Waals surface area contributed by atoms with Gasteiger partial charge in [-0.25, -0.2) is 9.07 Å². The molecular formula is C10H6FIN6. The fourth-order valence-electron chi connectivity index (χ4n) is 1.52. The van der Waals surface area contributed by atoms with E-state index in [1.807, 2.05) is 0 Å². The molecule has 6 nitrogen and oxygen atoms in total. The van der Waals surface area contributed by atoms with Crippen LogP contribution >= 0.6 is 22.6 Å². The summed E-state index contributed by atoms with van der Waals surface area (Å²) in [5.74, 6) is 0.201. The maximum absolute atomic E-state index is 12.9. The molecular weight excluding hydrogens is 350 g/mol. The Balaban J connectivity index is 2.07. The number of aromatic amines is 1. The molecule has 0 saturated carbocycles. The van der Waals surface area contributed by atoms with E-state index in [2.05, 4.69) is 48.3 Å². The molecule has 90 valence electrons. The largest absolute Gasteiger partial charge is 0.227 e. The van der Waals surface area contributed by atoms with Gasteiger partial charge in [-0.2, -0.15) is 10.3 Å². The molecule has 1 N–H and O–H groups in total. The first-order valence-electron chi connectivity index (χ1n) is 4.99. The van der Waals surface area contributed by atoms with Crippen LogP contribution in [0.1, 0.15) is 0 Å². The van der Waals surface area contributed by atoms with E-state index < -0.39 is 0 Å². The quantitative estimate of drug-likeness (QED) is 0.711. The molecule has 0 atom stereocenters. The smallest absolute Gasteiger partial charge is 0.208 e. The number of benzene rings is 1. The molecule has 0 unspecified atom stereocenters. The van der Waals surface area contributed by atoms with E-state index in [1.165, 1.54) is 12.1 Å². The van der Waals surface area contributed by atoms with Crippen molar-refractivity contribution in [3.63, 3.8) is 0 Å². The number of nitrogens with zero attached hydrogens (tertiary/aromatic N) is 5. The molecule has 3 aromatic rings. The number of hydrogen-bond acceptors (Lipinski definition) is 4. The Morgan fingerprint density at radius 1 is 1.22 bits per heavy atom. The highest BCUT2D eigenvalue weighted by molar-refractivity contribution is 14.1. The van der Waals surface area contributed by atoms with Crippen molar-refractivity contribution < 1.29 is 4.39 Å². The molecule has 18 heavy (non-hydrogen) atoms. The molecule has 0 bridgehead atoms. The first kappa shape index (κ1) is 11.3. The van der Waals surface area contributed by atoms with Gasteiger partial charge in [0.15, 0.2) is 0 Å². The lowest BCUT2D eigenvalue weighted by atomic mass is 10.3. The number of tetrazole rings is 1. The van der Waals surface area contributed by atoms with Gasteiger partial charge in [-0.15, -0.1) is 10.2 Å². The van der Waals surface area contributed by atoms with Crippen molar-refractivity contribution in [3.05, 3.63) is 40.0 Å². The minimum atomic E-state index is -0.278. The zero-order valence-electron chi connectivity index (χ0n) is 8.88. The summed E-state index contributed by atoms with van der Waals surface area (Å²) in [5.41, 5.74) is 1.55. The second-order valence-corrected chi connectivity index (χ2v) is 4.49. The van der Waals surface area contributed by atoms with Gasteiger partial charge in [0.2, 0.25) is 5.82 Å². The summed E-state index contributed by atoms with van der Waals surface area (Å²) in [6.07, 6.45) is 1.65. The third kappa shape index (κ3) is 1.88. The molecule has 8 heteroatoms. The predicted molar refractivity (Wildman–Crippen MR) is 69.4 cm³/mol. The first-order chi connectivity index (χ1) is 8.75. The molecule has 0 fully saturated rings. The molecule has 1 aromatic carbocycles. The van der Waals surface area contributed by atoms with Crippen LogP contribution in [0.5, 0.6) is 0 Å². The maximum Gasteiger partial charge on any atom is 0.208 e. The summed E-state index contributed by atoms with van der Waals surface area (Å²) in [6, 6.07) is 6.09. The average Bonchev–Trinajstić information content (AvgIpc) is 2.99. The summed E-state index contributed by atoms with van der Waals surface area (Å²) in [6.45, 7) is 0. The standard InChI is InChI=1S/C10H6FIN6/c11-6-1-3-7(4-2-6)18-9(12)8(5-13-18)10-14-16-17-15-10/h1-5H,(H,14,15,16,17). The highest BCUT2D eigenvalue weighted by Gasteiger charge is 2.14. The van der Waals surface area contributed by atoms with E-state index in [9.17, 15) is 4.39 Å². The van der Waals surface area contributed by atoms with Crippen molar-refractivity contribution in [2.45, 2.75) is 0 Å². The van der Waals surface area contributed by atoms with Crippen molar-refractivity contribution in [3.8, 4) is 17.1 Å². The Morgan fingerprint density at radius 3 is 2.67 bits per heavy atom. The van der Waals surface area contributed by atoms with Crippen LogP contribution in [0.25, 0.3) is 17.1 Å². The Morgan fingerprint density at radius 2 is 2.00 bits per heavy atom. The van der Waals surface area contributed by atoms with Crippen LogP contribution in [0.4, 0.5) is 4.39 Å². The van der Waals surface area contributed by atoms with Crippen molar-refractivity contribution in [1.29, 1.82) is 0 Å². The van der Waals surface area contributed by atoms with Gasteiger partial charge in [0.25, 0.3) is 0 Å². The van der Waals surface area contributed by atoms with Crippen LogP contribution in [-0.2, 0) is 0 Å². The van der Waals surface area contributed by atoms with Crippen LogP contribution in [0.3, 0.4) is 0 Å². The molecule has 0 spiro atoms. The minimum Gasteiger partial charge on any atom is -0.227 e. The molecule has 0 saturated heterocycles. The second kappa shape index (κ2) is 4.44. The van der Waals surface area contributed by atoms with Crippen LogP contribution in [0.15, 0.2) is 30.5 Å². The first-order valence-corrected chi connectivity index (χ1v) is 6.07. The van der Waals surface area contributed by atoms with Gasteiger partial charge in [-0.1, -0.05) is 0 Å².